The molecule has 122 valence electrons. The van der Waals surface area contributed by atoms with Crippen LogP contribution in [0.15, 0.2) is 18.2 Å². The van der Waals surface area contributed by atoms with E-state index in [1.807, 2.05) is 6.07 Å². The number of hydrogen-bond donors (Lipinski definition) is 1. The van der Waals surface area contributed by atoms with E-state index in [9.17, 15) is 9.59 Å². The van der Waals surface area contributed by atoms with Crippen LogP contribution in [0.2, 0.25) is 0 Å². The standard InChI is InChI=1S/C16H18N2O5/c1-10-12(16(20)21)5-6-18(10)15(19)9-23-13-4-3-11(8-17)7-14(13)22-2/h3-4,7,10,12H,5-6,9H2,1-2H3,(H,20,21). The van der Waals surface area contributed by atoms with Gasteiger partial charge in [-0.25, -0.2) is 0 Å². The van der Waals surface area contributed by atoms with Crippen molar-refractivity contribution in [2.24, 2.45) is 5.92 Å². The molecule has 1 aromatic rings. The molecule has 0 saturated carbocycles. The van der Waals surface area contributed by atoms with E-state index in [2.05, 4.69) is 0 Å². The van der Waals surface area contributed by atoms with Crippen molar-refractivity contribution in [1.29, 1.82) is 5.26 Å². The van der Waals surface area contributed by atoms with Crippen LogP contribution in [0.4, 0.5) is 0 Å². The Bertz CT molecular complexity index is 652. The van der Waals surface area contributed by atoms with Crippen LogP contribution in [0.1, 0.15) is 18.9 Å². The minimum absolute atomic E-state index is 0.209. The van der Waals surface area contributed by atoms with Gasteiger partial charge in [0.1, 0.15) is 0 Å². The van der Waals surface area contributed by atoms with Gasteiger partial charge in [0.25, 0.3) is 5.91 Å². The summed E-state index contributed by atoms with van der Waals surface area (Å²) in [6.45, 7) is 1.93. The number of carboxylic acids is 1. The number of ether oxygens (including phenoxy) is 2. The van der Waals surface area contributed by atoms with E-state index in [4.69, 9.17) is 19.8 Å². The molecule has 2 rings (SSSR count). The van der Waals surface area contributed by atoms with Gasteiger partial charge < -0.3 is 19.5 Å². The average molecular weight is 318 g/mol. The van der Waals surface area contributed by atoms with Crippen molar-refractivity contribution < 1.29 is 24.2 Å². The lowest BCUT2D eigenvalue weighted by atomic mass is 10.0. The second-order valence-corrected chi connectivity index (χ2v) is 5.33. The van der Waals surface area contributed by atoms with Crippen molar-refractivity contribution in [2.75, 3.05) is 20.3 Å². The summed E-state index contributed by atoms with van der Waals surface area (Å²) in [4.78, 5) is 24.8. The van der Waals surface area contributed by atoms with Crippen molar-refractivity contribution in [1.82, 2.24) is 4.90 Å². The fourth-order valence-electron chi connectivity index (χ4n) is 2.70. The van der Waals surface area contributed by atoms with Crippen LogP contribution in [-0.2, 0) is 9.59 Å². The Morgan fingerprint density at radius 3 is 2.74 bits per heavy atom. The molecule has 1 heterocycles. The highest BCUT2D eigenvalue weighted by Gasteiger charge is 2.38. The molecule has 1 amide bonds. The maximum absolute atomic E-state index is 12.2. The number of methoxy groups -OCH3 is 1. The fourth-order valence-corrected chi connectivity index (χ4v) is 2.70. The molecule has 2 atom stereocenters. The highest BCUT2D eigenvalue weighted by Crippen LogP contribution is 2.29. The molecular weight excluding hydrogens is 300 g/mol. The molecule has 0 aromatic heterocycles. The third-order valence-electron chi connectivity index (χ3n) is 4.04. The number of amides is 1. The molecule has 1 aliphatic rings. The minimum atomic E-state index is -0.887. The van der Waals surface area contributed by atoms with Crippen LogP contribution in [0, 0.1) is 17.2 Å². The largest absolute Gasteiger partial charge is 0.493 e. The third kappa shape index (κ3) is 3.54. The van der Waals surface area contributed by atoms with E-state index in [1.54, 1.807) is 19.1 Å². The number of likely N-dealkylation sites (tertiary alicyclic amines) is 1. The van der Waals surface area contributed by atoms with Gasteiger partial charge in [0.05, 0.1) is 24.7 Å². The zero-order valence-corrected chi connectivity index (χ0v) is 13.0. The Morgan fingerprint density at radius 2 is 2.17 bits per heavy atom. The van der Waals surface area contributed by atoms with E-state index in [0.717, 1.165) is 0 Å². The van der Waals surface area contributed by atoms with Gasteiger partial charge in [0.2, 0.25) is 0 Å². The summed E-state index contributed by atoms with van der Waals surface area (Å²) in [7, 11) is 1.45. The number of rotatable bonds is 5. The second kappa shape index (κ2) is 7.01. The molecule has 2 unspecified atom stereocenters. The Balaban J connectivity index is 2.00. The van der Waals surface area contributed by atoms with E-state index < -0.39 is 11.9 Å². The molecule has 23 heavy (non-hydrogen) atoms. The Hall–Kier alpha value is -2.75. The number of carbonyl (C=O) groups is 2. The molecule has 0 aliphatic carbocycles. The maximum atomic E-state index is 12.2. The third-order valence-corrected chi connectivity index (χ3v) is 4.04. The number of carbonyl (C=O) groups excluding carboxylic acids is 1. The van der Waals surface area contributed by atoms with Gasteiger partial charge in [-0.2, -0.15) is 5.26 Å². The first kappa shape index (κ1) is 16.6. The lowest BCUT2D eigenvalue weighted by Gasteiger charge is -2.23. The van der Waals surface area contributed by atoms with Crippen LogP contribution in [0.25, 0.3) is 0 Å². The number of nitriles is 1. The summed E-state index contributed by atoms with van der Waals surface area (Å²) >= 11 is 0. The monoisotopic (exact) mass is 318 g/mol. The Labute approximate surface area is 134 Å². The predicted molar refractivity (Wildman–Crippen MR) is 80.1 cm³/mol. The van der Waals surface area contributed by atoms with Crippen LogP contribution in [-0.4, -0.2) is 48.2 Å². The highest BCUT2D eigenvalue weighted by atomic mass is 16.5. The summed E-state index contributed by atoms with van der Waals surface area (Å²) in [6, 6.07) is 6.30. The predicted octanol–water partition coefficient (Wildman–Crippen LogP) is 1.27. The van der Waals surface area contributed by atoms with Crippen LogP contribution < -0.4 is 9.47 Å². The lowest BCUT2D eigenvalue weighted by Crippen LogP contribution is -2.40. The number of hydrogen-bond acceptors (Lipinski definition) is 5. The number of aliphatic carboxylic acids is 1. The molecule has 1 N–H and O–H groups in total. The van der Waals surface area contributed by atoms with Gasteiger partial charge in [0.15, 0.2) is 18.1 Å². The first-order chi connectivity index (χ1) is 11.0. The van der Waals surface area contributed by atoms with Gasteiger partial charge >= 0.3 is 5.97 Å². The minimum Gasteiger partial charge on any atom is -0.493 e. The second-order valence-electron chi connectivity index (χ2n) is 5.33. The first-order valence-corrected chi connectivity index (χ1v) is 7.21. The van der Waals surface area contributed by atoms with Crippen molar-refractivity contribution >= 4 is 11.9 Å². The van der Waals surface area contributed by atoms with E-state index >= 15 is 0 Å². The molecule has 1 aliphatic heterocycles. The quantitative estimate of drug-likeness (QED) is 0.877. The van der Waals surface area contributed by atoms with Crippen molar-refractivity contribution in [3.05, 3.63) is 23.8 Å². The van der Waals surface area contributed by atoms with Crippen molar-refractivity contribution in [3.63, 3.8) is 0 Å². The normalized spacial score (nSPS) is 20.0. The summed E-state index contributed by atoms with van der Waals surface area (Å²) in [5, 5.41) is 18.0. The molecule has 1 aromatic carbocycles. The molecule has 7 heteroatoms. The van der Waals surface area contributed by atoms with Crippen molar-refractivity contribution in [2.45, 2.75) is 19.4 Å². The van der Waals surface area contributed by atoms with Crippen LogP contribution in [0.3, 0.4) is 0 Å². The highest BCUT2D eigenvalue weighted by molar-refractivity contribution is 5.80. The SMILES string of the molecule is COc1cc(C#N)ccc1OCC(=O)N1CCC(C(=O)O)C1C. The molecule has 0 spiro atoms. The van der Waals surface area contributed by atoms with E-state index in [1.165, 1.54) is 18.1 Å². The van der Waals surface area contributed by atoms with Crippen LogP contribution >= 0.6 is 0 Å². The van der Waals surface area contributed by atoms with E-state index in [0.29, 0.717) is 30.0 Å². The molecule has 7 nitrogen and oxygen atoms in total. The van der Waals surface area contributed by atoms with Gasteiger partial charge in [-0.3, -0.25) is 9.59 Å². The number of nitrogens with zero attached hydrogens (tertiary/aromatic N) is 2. The smallest absolute Gasteiger partial charge is 0.308 e. The van der Waals surface area contributed by atoms with Crippen LogP contribution in [0.5, 0.6) is 11.5 Å². The van der Waals surface area contributed by atoms with E-state index in [-0.39, 0.29) is 18.6 Å². The topological polar surface area (TPSA) is 99.9 Å². The van der Waals surface area contributed by atoms with Gasteiger partial charge in [-0.1, -0.05) is 0 Å². The zero-order chi connectivity index (χ0) is 17.0. The molecule has 1 fully saturated rings. The Kier molecular flexibility index (Phi) is 5.06. The zero-order valence-electron chi connectivity index (χ0n) is 13.0. The van der Waals surface area contributed by atoms with Crippen molar-refractivity contribution in [3.8, 4) is 17.6 Å². The summed E-state index contributed by atoms with van der Waals surface area (Å²) < 4.78 is 10.6. The maximum Gasteiger partial charge on any atom is 0.308 e. The van der Waals surface area contributed by atoms with Gasteiger partial charge in [-0.05, 0) is 25.5 Å². The number of benzene rings is 1. The molecule has 0 bridgehead atoms. The molecular formula is C16H18N2O5. The summed E-state index contributed by atoms with van der Waals surface area (Å²) in [5.41, 5.74) is 0.429. The Morgan fingerprint density at radius 1 is 1.43 bits per heavy atom. The van der Waals surface area contributed by atoms with Gasteiger partial charge in [-0.15, -0.1) is 0 Å². The first-order valence-electron chi connectivity index (χ1n) is 7.21. The van der Waals surface area contributed by atoms with Gasteiger partial charge in [0, 0.05) is 18.7 Å². The lowest BCUT2D eigenvalue weighted by molar-refractivity contribution is -0.143. The average Bonchev–Trinajstić information content (AvgIpc) is 2.94. The summed E-state index contributed by atoms with van der Waals surface area (Å²) in [5.74, 6) is -0.963. The molecule has 0 radical (unpaired) electrons. The number of carboxylic acid groups (broad SMARTS) is 1. The molecule has 1 saturated heterocycles. The summed E-state index contributed by atoms with van der Waals surface area (Å²) in [6.07, 6.45) is 0.447. The fraction of sp³-hybridized carbons (Fsp3) is 0.438.